The van der Waals surface area contributed by atoms with Gasteiger partial charge in [-0.2, -0.15) is 0 Å². The number of rotatable bonds is 1. The zero-order valence-electron chi connectivity index (χ0n) is 10.3. The number of hydrogen-bond acceptors (Lipinski definition) is 4. The summed E-state index contributed by atoms with van der Waals surface area (Å²) in [5.41, 5.74) is 6.01. The molecular weight excluding hydrogens is 244 g/mol. The molecule has 0 spiro atoms. The van der Waals surface area contributed by atoms with Gasteiger partial charge in [0.25, 0.3) is 5.91 Å². The van der Waals surface area contributed by atoms with Gasteiger partial charge in [-0.3, -0.25) is 9.59 Å². The minimum atomic E-state index is -0.268. The number of fused-ring (bicyclic) bond motifs is 1. The summed E-state index contributed by atoms with van der Waals surface area (Å²) in [7, 11) is 0. The van der Waals surface area contributed by atoms with E-state index in [0.29, 0.717) is 24.1 Å². The standard InChI is InChI=1S/C14H14N2O3/c15-9-5-6-16(8-9)14(18)13-7-11(17)10-3-1-2-4-12(10)19-13/h1-4,7,9H,5-6,8,15H2/t9-/m0/s1. The van der Waals surface area contributed by atoms with Crippen LogP contribution in [0.25, 0.3) is 11.0 Å². The first-order chi connectivity index (χ1) is 9.15. The first kappa shape index (κ1) is 11.9. The van der Waals surface area contributed by atoms with E-state index in [2.05, 4.69) is 0 Å². The lowest BCUT2D eigenvalue weighted by molar-refractivity contribution is 0.0760. The summed E-state index contributed by atoms with van der Waals surface area (Å²) >= 11 is 0. The summed E-state index contributed by atoms with van der Waals surface area (Å²) in [6.45, 7) is 1.12. The Morgan fingerprint density at radius 2 is 2.16 bits per heavy atom. The molecule has 98 valence electrons. The fourth-order valence-electron chi connectivity index (χ4n) is 2.34. The van der Waals surface area contributed by atoms with Crippen LogP contribution in [0.4, 0.5) is 0 Å². The van der Waals surface area contributed by atoms with E-state index in [4.69, 9.17) is 10.2 Å². The van der Waals surface area contributed by atoms with Gasteiger partial charge in [0.2, 0.25) is 0 Å². The van der Waals surface area contributed by atoms with Crippen molar-refractivity contribution >= 4 is 16.9 Å². The molecule has 1 atom stereocenters. The third-order valence-corrected chi connectivity index (χ3v) is 3.36. The van der Waals surface area contributed by atoms with Crippen molar-refractivity contribution in [3.8, 4) is 0 Å². The van der Waals surface area contributed by atoms with Gasteiger partial charge < -0.3 is 15.1 Å². The Hall–Kier alpha value is -2.14. The first-order valence-corrected chi connectivity index (χ1v) is 6.23. The van der Waals surface area contributed by atoms with E-state index in [9.17, 15) is 9.59 Å². The highest BCUT2D eigenvalue weighted by Crippen LogP contribution is 2.15. The average Bonchev–Trinajstić information content (AvgIpc) is 2.84. The Labute approximate surface area is 109 Å². The van der Waals surface area contributed by atoms with E-state index in [-0.39, 0.29) is 23.1 Å². The van der Waals surface area contributed by atoms with Crippen LogP contribution in [0.1, 0.15) is 17.0 Å². The second kappa shape index (κ2) is 4.51. The van der Waals surface area contributed by atoms with Gasteiger partial charge in [0, 0.05) is 25.2 Å². The molecule has 1 amide bonds. The number of carbonyl (C=O) groups excluding carboxylic acids is 1. The van der Waals surface area contributed by atoms with Gasteiger partial charge in [0.1, 0.15) is 5.58 Å². The maximum atomic E-state index is 12.2. The van der Waals surface area contributed by atoms with E-state index in [1.807, 2.05) is 0 Å². The Balaban J connectivity index is 2.01. The zero-order chi connectivity index (χ0) is 13.4. The smallest absolute Gasteiger partial charge is 0.289 e. The van der Waals surface area contributed by atoms with Crippen molar-refractivity contribution in [1.29, 1.82) is 0 Å². The van der Waals surface area contributed by atoms with Crippen molar-refractivity contribution in [1.82, 2.24) is 4.90 Å². The summed E-state index contributed by atoms with van der Waals surface area (Å²) in [6, 6.07) is 8.17. The van der Waals surface area contributed by atoms with Crippen molar-refractivity contribution in [2.45, 2.75) is 12.5 Å². The molecule has 0 aliphatic carbocycles. The van der Waals surface area contributed by atoms with Crippen LogP contribution in [0.15, 0.2) is 39.5 Å². The van der Waals surface area contributed by atoms with Crippen LogP contribution in [0.3, 0.4) is 0 Å². The maximum absolute atomic E-state index is 12.2. The van der Waals surface area contributed by atoms with Crippen LogP contribution in [0.5, 0.6) is 0 Å². The number of hydrogen-bond donors (Lipinski definition) is 1. The van der Waals surface area contributed by atoms with Crippen LogP contribution < -0.4 is 11.2 Å². The SMILES string of the molecule is N[C@H]1CCN(C(=O)c2cc(=O)c3ccccc3o2)C1. The van der Waals surface area contributed by atoms with E-state index in [1.54, 1.807) is 29.2 Å². The third kappa shape index (κ3) is 2.13. The van der Waals surface area contributed by atoms with Crippen molar-refractivity contribution in [2.75, 3.05) is 13.1 Å². The second-order valence-electron chi connectivity index (χ2n) is 4.77. The van der Waals surface area contributed by atoms with E-state index < -0.39 is 0 Å². The van der Waals surface area contributed by atoms with Gasteiger partial charge >= 0.3 is 0 Å². The van der Waals surface area contributed by atoms with Gasteiger partial charge in [-0.1, -0.05) is 12.1 Å². The van der Waals surface area contributed by atoms with Crippen LogP contribution in [-0.2, 0) is 0 Å². The monoisotopic (exact) mass is 258 g/mol. The molecule has 2 heterocycles. The fourth-order valence-corrected chi connectivity index (χ4v) is 2.34. The van der Waals surface area contributed by atoms with Gasteiger partial charge in [0.05, 0.1) is 5.39 Å². The van der Waals surface area contributed by atoms with E-state index in [1.165, 1.54) is 6.07 Å². The number of likely N-dealkylation sites (tertiary alicyclic amines) is 1. The Morgan fingerprint density at radius 1 is 1.37 bits per heavy atom. The molecule has 2 N–H and O–H groups in total. The highest BCUT2D eigenvalue weighted by Gasteiger charge is 2.26. The topological polar surface area (TPSA) is 76.5 Å². The van der Waals surface area contributed by atoms with Crippen LogP contribution in [0.2, 0.25) is 0 Å². The average molecular weight is 258 g/mol. The number of amides is 1. The summed E-state index contributed by atoms with van der Waals surface area (Å²) in [4.78, 5) is 25.8. The molecular formula is C14H14N2O3. The number of nitrogens with two attached hydrogens (primary N) is 1. The lowest BCUT2D eigenvalue weighted by Gasteiger charge is -2.14. The maximum Gasteiger partial charge on any atom is 0.289 e. The van der Waals surface area contributed by atoms with Crippen LogP contribution >= 0.6 is 0 Å². The molecule has 0 saturated carbocycles. The summed E-state index contributed by atoms with van der Waals surface area (Å²) < 4.78 is 5.52. The molecule has 1 aliphatic rings. The highest BCUT2D eigenvalue weighted by molar-refractivity contribution is 5.93. The van der Waals surface area contributed by atoms with Crippen LogP contribution in [0, 0.1) is 0 Å². The highest BCUT2D eigenvalue weighted by atomic mass is 16.3. The van der Waals surface area contributed by atoms with Gasteiger partial charge in [-0.25, -0.2) is 0 Å². The van der Waals surface area contributed by atoms with Gasteiger partial charge in [0.15, 0.2) is 11.2 Å². The molecule has 1 aromatic heterocycles. The number of carbonyl (C=O) groups is 1. The first-order valence-electron chi connectivity index (χ1n) is 6.23. The number of para-hydroxylation sites is 1. The molecule has 1 fully saturated rings. The van der Waals surface area contributed by atoms with Crippen LogP contribution in [-0.4, -0.2) is 29.9 Å². The van der Waals surface area contributed by atoms with Crippen molar-refractivity contribution in [3.63, 3.8) is 0 Å². The Bertz CT molecular complexity index is 692. The number of benzene rings is 1. The Morgan fingerprint density at radius 3 is 2.89 bits per heavy atom. The largest absolute Gasteiger partial charge is 0.451 e. The van der Waals surface area contributed by atoms with E-state index in [0.717, 1.165) is 6.42 Å². The lowest BCUT2D eigenvalue weighted by atomic mass is 10.2. The molecule has 1 aliphatic heterocycles. The van der Waals surface area contributed by atoms with Gasteiger partial charge in [-0.05, 0) is 18.6 Å². The molecule has 0 unspecified atom stereocenters. The van der Waals surface area contributed by atoms with Crippen molar-refractivity contribution in [3.05, 3.63) is 46.3 Å². The molecule has 1 aromatic carbocycles. The number of nitrogens with zero attached hydrogens (tertiary/aromatic N) is 1. The van der Waals surface area contributed by atoms with Gasteiger partial charge in [-0.15, -0.1) is 0 Å². The molecule has 0 bridgehead atoms. The predicted molar refractivity (Wildman–Crippen MR) is 71.0 cm³/mol. The molecule has 5 heteroatoms. The minimum absolute atomic E-state index is 0.0103. The molecule has 1 saturated heterocycles. The third-order valence-electron chi connectivity index (χ3n) is 3.36. The Kier molecular flexibility index (Phi) is 2.83. The predicted octanol–water partition coefficient (Wildman–Crippen LogP) is 0.966. The summed E-state index contributed by atoms with van der Waals surface area (Å²) in [5.74, 6) is -0.186. The summed E-state index contributed by atoms with van der Waals surface area (Å²) in [5, 5.41) is 0.483. The minimum Gasteiger partial charge on any atom is -0.451 e. The van der Waals surface area contributed by atoms with Crippen molar-refractivity contribution < 1.29 is 9.21 Å². The second-order valence-corrected chi connectivity index (χ2v) is 4.77. The zero-order valence-corrected chi connectivity index (χ0v) is 10.3. The fraction of sp³-hybridized carbons (Fsp3) is 0.286. The molecule has 3 rings (SSSR count). The van der Waals surface area contributed by atoms with Crippen molar-refractivity contribution in [2.24, 2.45) is 5.73 Å². The molecule has 19 heavy (non-hydrogen) atoms. The normalized spacial score (nSPS) is 19.0. The molecule has 5 nitrogen and oxygen atoms in total. The molecule has 2 aromatic rings. The summed E-state index contributed by atoms with van der Waals surface area (Å²) in [6.07, 6.45) is 0.781. The lowest BCUT2D eigenvalue weighted by Crippen LogP contribution is -2.32. The molecule has 0 radical (unpaired) electrons. The quantitative estimate of drug-likeness (QED) is 0.826. The van der Waals surface area contributed by atoms with E-state index >= 15 is 0 Å².